The minimum absolute atomic E-state index is 0.0828. The van der Waals surface area contributed by atoms with Crippen LogP contribution in [0.2, 0.25) is 0 Å². The number of nitrogens with two attached hydrogens (primary N) is 1. The highest BCUT2D eigenvalue weighted by atomic mass is 19.1. The summed E-state index contributed by atoms with van der Waals surface area (Å²) in [6.07, 6.45) is 2.08. The van der Waals surface area contributed by atoms with E-state index in [4.69, 9.17) is 5.73 Å². The molecular formula is C10H15FN2. The molecule has 0 fully saturated rings. The van der Waals surface area contributed by atoms with Gasteiger partial charge in [-0.15, -0.1) is 0 Å². The first kappa shape index (κ1) is 10.1. The minimum Gasteiger partial charge on any atom is -0.323 e. The summed E-state index contributed by atoms with van der Waals surface area (Å²) >= 11 is 0. The Labute approximate surface area is 78.0 Å². The molecule has 13 heavy (non-hydrogen) atoms. The largest absolute Gasteiger partial charge is 0.323 e. The molecule has 1 heterocycles. The third-order valence-electron chi connectivity index (χ3n) is 1.86. The number of pyridine rings is 1. The van der Waals surface area contributed by atoms with Gasteiger partial charge < -0.3 is 5.73 Å². The van der Waals surface area contributed by atoms with Crippen LogP contribution in [0.15, 0.2) is 18.3 Å². The van der Waals surface area contributed by atoms with Crippen LogP contribution in [-0.2, 0) is 0 Å². The Balaban J connectivity index is 2.66. The Kier molecular flexibility index (Phi) is 3.37. The maximum atomic E-state index is 12.5. The molecule has 0 aliphatic carbocycles. The maximum Gasteiger partial charge on any atom is 0.141 e. The van der Waals surface area contributed by atoms with E-state index in [-0.39, 0.29) is 11.9 Å². The van der Waals surface area contributed by atoms with Crippen molar-refractivity contribution in [2.45, 2.75) is 26.3 Å². The highest BCUT2D eigenvalue weighted by Gasteiger charge is 2.09. The molecule has 3 heteroatoms. The summed E-state index contributed by atoms with van der Waals surface area (Å²) in [4.78, 5) is 3.93. The Morgan fingerprint density at radius 1 is 1.46 bits per heavy atom. The molecule has 0 unspecified atom stereocenters. The summed E-state index contributed by atoms with van der Waals surface area (Å²) in [5.74, 6) is 0.211. The zero-order valence-electron chi connectivity index (χ0n) is 8.00. The SMILES string of the molecule is CC(C)C[C@@H](N)c1ccc(F)cn1. The third-order valence-corrected chi connectivity index (χ3v) is 1.86. The van der Waals surface area contributed by atoms with Crippen molar-refractivity contribution in [3.63, 3.8) is 0 Å². The first-order valence-corrected chi connectivity index (χ1v) is 4.46. The fraction of sp³-hybridized carbons (Fsp3) is 0.500. The van der Waals surface area contributed by atoms with Gasteiger partial charge in [0.25, 0.3) is 0 Å². The van der Waals surface area contributed by atoms with E-state index in [1.807, 2.05) is 0 Å². The molecule has 0 bridgehead atoms. The molecule has 0 amide bonds. The smallest absolute Gasteiger partial charge is 0.141 e. The predicted octanol–water partition coefficient (Wildman–Crippen LogP) is 2.27. The summed E-state index contributed by atoms with van der Waals surface area (Å²) in [6, 6.07) is 2.95. The van der Waals surface area contributed by atoms with Crippen LogP contribution < -0.4 is 5.73 Å². The van der Waals surface area contributed by atoms with E-state index in [9.17, 15) is 4.39 Å². The molecule has 2 N–H and O–H groups in total. The van der Waals surface area contributed by atoms with Crippen molar-refractivity contribution in [3.8, 4) is 0 Å². The second-order valence-electron chi connectivity index (χ2n) is 3.64. The van der Waals surface area contributed by atoms with E-state index < -0.39 is 0 Å². The van der Waals surface area contributed by atoms with E-state index in [1.54, 1.807) is 6.07 Å². The van der Waals surface area contributed by atoms with Crippen LogP contribution in [0.3, 0.4) is 0 Å². The average Bonchev–Trinajstić information content (AvgIpc) is 2.04. The Hall–Kier alpha value is -0.960. The summed E-state index contributed by atoms with van der Waals surface area (Å²) < 4.78 is 12.5. The second-order valence-corrected chi connectivity index (χ2v) is 3.64. The van der Waals surface area contributed by atoms with E-state index in [2.05, 4.69) is 18.8 Å². The lowest BCUT2D eigenvalue weighted by Gasteiger charge is -2.12. The zero-order valence-corrected chi connectivity index (χ0v) is 8.00. The standard InChI is InChI=1S/C10H15FN2/c1-7(2)5-9(12)10-4-3-8(11)6-13-10/h3-4,6-7,9H,5,12H2,1-2H3/t9-/m1/s1. The number of halogens is 1. The molecule has 1 aromatic rings. The molecule has 0 aliphatic heterocycles. The summed E-state index contributed by atoms with van der Waals surface area (Å²) in [5.41, 5.74) is 6.62. The lowest BCUT2D eigenvalue weighted by molar-refractivity contribution is 0.500. The molecule has 1 rings (SSSR count). The molecule has 1 aromatic heterocycles. The molecule has 0 spiro atoms. The van der Waals surface area contributed by atoms with Gasteiger partial charge in [-0.3, -0.25) is 4.98 Å². The van der Waals surface area contributed by atoms with Crippen LogP contribution in [0.4, 0.5) is 4.39 Å². The highest BCUT2D eigenvalue weighted by Crippen LogP contribution is 2.16. The Bertz CT molecular complexity index is 256. The lowest BCUT2D eigenvalue weighted by atomic mass is 10.0. The van der Waals surface area contributed by atoms with Crippen molar-refractivity contribution in [1.82, 2.24) is 4.98 Å². The molecule has 0 aliphatic rings. The highest BCUT2D eigenvalue weighted by molar-refractivity contribution is 5.09. The number of aromatic nitrogens is 1. The van der Waals surface area contributed by atoms with E-state index in [0.717, 1.165) is 12.1 Å². The van der Waals surface area contributed by atoms with E-state index >= 15 is 0 Å². The minimum atomic E-state index is -0.319. The monoisotopic (exact) mass is 182 g/mol. The van der Waals surface area contributed by atoms with Crippen LogP contribution in [-0.4, -0.2) is 4.98 Å². The third kappa shape index (κ3) is 3.11. The molecule has 2 nitrogen and oxygen atoms in total. The van der Waals surface area contributed by atoms with Crippen molar-refractivity contribution in [2.24, 2.45) is 11.7 Å². The fourth-order valence-electron chi connectivity index (χ4n) is 1.24. The quantitative estimate of drug-likeness (QED) is 0.778. The number of hydrogen-bond donors (Lipinski definition) is 1. The van der Waals surface area contributed by atoms with Crippen LogP contribution in [0, 0.1) is 11.7 Å². The molecule has 0 saturated heterocycles. The second kappa shape index (κ2) is 4.33. The number of rotatable bonds is 3. The van der Waals surface area contributed by atoms with Gasteiger partial charge in [0.2, 0.25) is 0 Å². The van der Waals surface area contributed by atoms with Gasteiger partial charge in [0.05, 0.1) is 11.9 Å². The van der Waals surface area contributed by atoms with Gasteiger partial charge in [-0.1, -0.05) is 13.8 Å². The number of hydrogen-bond acceptors (Lipinski definition) is 2. The van der Waals surface area contributed by atoms with Crippen molar-refractivity contribution >= 4 is 0 Å². The van der Waals surface area contributed by atoms with Crippen LogP contribution in [0.5, 0.6) is 0 Å². The topological polar surface area (TPSA) is 38.9 Å². The van der Waals surface area contributed by atoms with Crippen molar-refractivity contribution < 1.29 is 4.39 Å². The first-order valence-electron chi connectivity index (χ1n) is 4.46. The molecule has 0 saturated carbocycles. The summed E-state index contributed by atoms with van der Waals surface area (Å²) in [6.45, 7) is 4.20. The Morgan fingerprint density at radius 2 is 2.15 bits per heavy atom. The van der Waals surface area contributed by atoms with Gasteiger partial charge in [0.15, 0.2) is 0 Å². The Morgan fingerprint density at radius 3 is 2.62 bits per heavy atom. The predicted molar refractivity (Wildman–Crippen MR) is 50.6 cm³/mol. The van der Waals surface area contributed by atoms with Gasteiger partial charge in [0, 0.05) is 6.04 Å². The van der Waals surface area contributed by atoms with Gasteiger partial charge >= 0.3 is 0 Å². The fourth-order valence-corrected chi connectivity index (χ4v) is 1.24. The first-order chi connectivity index (χ1) is 6.09. The van der Waals surface area contributed by atoms with Gasteiger partial charge in [0.1, 0.15) is 5.82 Å². The molecule has 1 atom stereocenters. The zero-order chi connectivity index (χ0) is 9.84. The van der Waals surface area contributed by atoms with Crippen LogP contribution in [0.25, 0.3) is 0 Å². The molecule has 72 valence electrons. The van der Waals surface area contributed by atoms with E-state index in [0.29, 0.717) is 5.92 Å². The summed E-state index contributed by atoms with van der Waals surface area (Å²) in [5, 5.41) is 0. The van der Waals surface area contributed by atoms with Gasteiger partial charge in [-0.2, -0.15) is 0 Å². The van der Waals surface area contributed by atoms with Crippen molar-refractivity contribution in [1.29, 1.82) is 0 Å². The van der Waals surface area contributed by atoms with Crippen LogP contribution in [0.1, 0.15) is 32.0 Å². The lowest BCUT2D eigenvalue weighted by Crippen LogP contribution is -2.14. The van der Waals surface area contributed by atoms with Crippen molar-refractivity contribution in [3.05, 3.63) is 29.8 Å². The van der Waals surface area contributed by atoms with Crippen molar-refractivity contribution in [2.75, 3.05) is 0 Å². The normalized spacial score (nSPS) is 13.3. The van der Waals surface area contributed by atoms with Gasteiger partial charge in [-0.05, 0) is 24.5 Å². The van der Waals surface area contributed by atoms with Gasteiger partial charge in [-0.25, -0.2) is 4.39 Å². The van der Waals surface area contributed by atoms with E-state index in [1.165, 1.54) is 12.3 Å². The van der Waals surface area contributed by atoms with Crippen LogP contribution >= 0.6 is 0 Å². The average molecular weight is 182 g/mol. The molecule has 0 aromatic carbocycles. The molecular weight excluding hydrogens is 167 g/mol. The molecule has 0 radical (unpaired) electrons. The maximum absolute atomic E-state index is 12.5. The summed E-state index contributed by atoms with van der Waals surface area (Å²) in [7, 11) is 0. The number of nitrogens with zero attached hydrogens (tertiary/aromatic N) is 1.